The highest BCUT2D eigenvalue weighted by atomic mass is 79.9. The number of alkyl halides is 6. The van der Waals surface area contributed by atoms with Gasteiger partial charge in [-0.1, -0.05) is 15.9 Å². The zero-order chi connectivity index (χ0) is 13.4. The van der Waals surface area contributed by atoms with Crippen molar-refractivity contribution < 1.29 is 26.3 Å². The smallest absolute Gasteiger partial charge is 0.398 e. The minimum Gasteiger partial charge on any atom is -0.398 e. The van der Waals surface area contributed by atoms with Crippen LogP contribution in [0.25, 0.3) is 0 Å². The molecular formula is C8H4BrF6NS. The number of thioether (sulfide) groups is 1. The molecule has 0 radical (unpaired) electrons. The van der Waals surface area contributed by atoms with E-state index >= 15 is 0 Å². The van der Waals surface area contributed by atoms with Crippen molar-refractivity contribution in [3.05, 3.63) is 22.2 Å². The molecule has 1 rings (SSSR count). The molecule has 0 saturated carbocycles. The van der Waals surface area contributed by atoms with Gasteiger partial charge in [0, 0.05) is 15.1 Å². The van der Waals surface area contributed by atoms with Gasteiger partial charge in [0.1, 0.15) is 0 Å². The Morgan fingerprint density at radius 2 is 1.59 bits per heavy atom. The van der Waals surface area contributed by atoms with Crippen LogP contribution in [0.2, 0.25) is 0 Å². The Morgan fingerprint density at radius 3 is 2.00 bits per heavy atom. The first-order valence-electron chi connectivity index (χ1n) is 3.92. The molecule has 0 aromatic heterocycles. The maximum atomic E-state index is 12.4. The predicted molar refractivity (Wildman–Crippen MR) is 55.5 cm³/mol. The van der Waals surface area contributed by atoms with Crippen LogP contribution in [-0.4, -0.2) is 5.51 Å². The fourth-order valence-electron chi connectivity index (χ4n) is 0.999. The van der Waals surface area contributed by atoms with Crippen LogP contribution in [-0.2, 0) is 6.18 Å². The highest BCUT2D eigenvalue weighted by molar-refractivity contribution is 9.10. The Morgan fingerprint density at radius 1 is 1.06 bits per heavy atom. The van der Waals surface area contributed by atoms with Crippen molar-refractivity contribution in [1.82, 2.24) is 0 Å². The lowest BCUT2D eigenvalue weighted by molar-refractivity contribution is -0.138. The number of benzene rings is 1. The summed E-state index contributed by atoms with van der Waals surface area (Å²) in [6.45, 7) is 0. The molecule has 96 valence electrons. The number of hydrogen-bond donors (Lipinski definition) is 1. The van der Waals surface area contributed by atoms with Gasteiger partial charge in [0.2, 0.25) is 0 Å². The molecule has 1 nitrogen and oxygen atoms in total. The van der Waals surface area contributed by atoms with Gasteiger partial charge in [-0.2, -0.15) is 26.3 Å². The third-order valence-corrected chi connectivity index (χ3v) is 3.09. The van der Waals surface area contributed by atoms with E-state index in [-0.39, 0.29) is 5.69 Å². The first-order valence-corrected chi connectivity index (χ1v) is 5.53. The molecule has 0 saturated heterocycles. The Bertz CT molecular complexity index is 427. The Labute approximate surface area is 104 Å². The molecule has 0 unspecified atom stereocenters. The zero-order valence-electron chi connectivity index (χ0n) is 7.79. The predicted octanol–water partition coefficient (Wildman–Crippen LogP) is 4.66. The Kier molecular flexibility index (Phi) is 3.92. The molecule has 0 aliphatic heterocycles. The van der Waals surface area contributed by atoms with Gasteiger partial charge in [0.25, 0.3) is 0 Å². The highest BCUT2D eigenvalue weighted by Gasteiger charge is 2.36. The lowest BCUT2D eigenvalue weighted by atomic mass is 10.2. The number of nitrogens with two attached hydrogens (primary N) is 1. The van der Waals surface area contributed by atoms with E-state index in [1.165, 1.54) is 0 Å². The second kappa shape index (κ2) is 4.60. The fourth-order valence-corrected chi connectivity index (χ4v) is 2.19. The molecule has 1 aromatic carbocycles. The van der Waals surface area contributed by atoms with Crippen molar-refractivity contribution in [3.8, 4) is 0 Å². The van der Waals surface area contributed by atoms with Gasteiger partial charge in [-0.05, 0) is 23.9 Å². The van der Waals surface area contributed by atoms with Gasteiger partial charge in [0.05, 0.1) is 5.56 Å². The van der Waals surface area contributed by atoms with E-state index in [1.54, 1.807) is 0 Å². The van der Waals surface area contributed by atoms with Crippen LogP contribution in [0.5, 0.6) is 0 Å². The molecule has 0 heterocycles. The average molecular weight is 340 g/mol. The summed E-state index contributed by atoms with van der Waals surface area (Å²) in [5, 5.41) is 0. The third kappa shape index (κ3) is 3.98. The van der Waals surface area contributed by atoms with Crippen molar-refractivity contribution in [2.75, 3.05) is 5.73 Å². The molecule has 9 heteroatoms. The summed E-state index contributed by atoms with van der Waals surface area (Å²) >= 11 is 1.93. The van der Waals surface area contributed by atoms with E-state index in [4.69, 9.17) is 5.73 Å². The summed E-state index contributed by atoms with van der Waals surface area (Å²) < 4.78 is 73.1. The highest BCUT2D eigenvalue weighted by Crippen LogP contribution is 2.44. The van der Waals surface area contributed by atoms with Gasteiger partial charge in [0.15, 0.2) is 0 Å². The van der Waals surface area contributed by atoms with E-state index in [1.807, 2.05) is 0 Å². The van der Waals surface area contributed by atoms with Crippen molar-refractivity contribution in [2.45, 2.75) is 16.6 Å². The minimum absolute atomic E-state index is 0.368. The topological polar surface area (TPSA) is 26.0 Å². The maximum absolute atomic E-state index is 12.4. The molecule has 1 aromatic rings. The first-order chi connectivity index (χ1) is 7.50. The number of nitrogen functional groups attached to an aromatic ring is 1. The zero-order valence-corrected chi connectivity index (χ0v) is 10.2. The number of rotatable bonds is 1. The van der Waals surface area contributed by atoms with Crippen molar-refractivity contribution in [2.24, 2.45) is 0 Å². The average Bonchev–Trinajstić information content (AvgIpc) is 2.05. The van der Waals surface area contributed by atoms with Crippen LogP contribution >= 0.6 is 27.7 Å². The van der Waals surface area contributed by atoms with Gasteiger partial charge < -0.3 is 5.73 Å². The molecule has 0 spiro atoms. The third-order valence-electron chi connectivity index (χ3n) is 1.63. The Hall–Kier alpha value is -0.570. The first kappa shape index (κ1) is 14.5. The molecular weight excluding hydrogens is 336 g/mol. The lowest BCUT2D eigenvalue weighted by Gasteiger charge is -2.14. The summed E-state index contributed by atoms with van der Waals surface area (Å²) in [6, 6.07) is 1.18. The summed E-state index contributed by atoms with van der Waals surface area (Å²) in [6.07, 6.45) is -4.74. The quantitative estimate of drug-likeness (QED) is 0.457. The van der Waals surface area contributed by atoms with Gasteiger partial charge in [-0.3, -0.25) is 0 Å². The van der Waals surface area contributed by atoms with Crippen LogP contribution < -0.4 is 5.73 Å². The summed E-state index contributed by atoms with van der Waals surface area (Å²) in [5.74, 6) is 0. The Balaban J connectivity index is 3.25. The second-order valence-corrected chi connectivity index (χ2v) is 4.88. The summed E-state index contributed by atoms with van der Waals surface area (Å²) in [7, 11) is 0. The molecule has 0 fully saturated rings. The van der Waals surface area contributed by atoms with E-state index in [9.17, 15) is 26.3 Å². The number of anilines is 1. The molecule has 2 N–H and O–H groups in total. The molecule has 0 bridgehead atoms. The normalized spacial score (nSPS) is 12.9. The monoisotopic (exact) mass is 339 g/mol. The van der Waals surface area contributed by atoms with Crippen molar-refractivity contribution >= 4 is 33.4 Å². The largest absolute Gasteiger partial charge is 0.446 e. The lowest BCUT2D eigenvalue weighted by Crippen LogP contribution is -2.08. The maximum Gasteiger partial charge on any atom is 0.446 e. The number of hydrogen-bond acceptors (Lipinski definition) is 2. The SMILES string of the molecule is Nc1cc(Br)c(C(F)(F)F)cc1SC(F)(F)F. The van der Waals surface area contributed by atoms with Crippen molar-refractivity contribution in [3.63, 3.8) is 0 Å². The minimum atomic E-state index is -4.74. The van der Waals surface area contributed by atoms with Crippen molar-refractivity contribution in [1.29, 1.82) is 0 Å². The van der Waals surface area contributed by atoms with E-state index in [0.29, 0.717) is 6.07 Å². The summed E-state index contributed by atoms with van der Waals surface area (Å²) in [5.41, 5.74) is -1.03. The molecule has 0 amide bonds. The van der Waals surface area contributed by atoms with Crippen LogP contribution in [0.1, 0.15) is 5.56 Å². The van der Waals surface area contributed by atoms with E-state index in [2.05, 4.69) is 15.9 Å². The van der Waals surface area contributed by atoms with Gasteiger partial charge >= 0.3 is 11.7 Å². The van der Waals surface area contributed by atoms with Crippen LogP contribution in [0.3, 0.4) is 0 Å². The van der Waals surface area contributed by atoms with Crippen LogP contribution in [0.4, 0.5) is 32.0 Å². The summed E-state index contributed by atoms with van der Waals surface area (Å²) in [4.78, 5) is -0.673. The second-order valence-electron chi connectivity index (χ2n) is 2.92. The van der Waals surface area contributed by atoms with Gasteiger partial charge in [-0.25, -0.2) is 0 Å². The molecule has 0 atom stereocenters. The standard InChI is InChI=1S/C8H4BrF6NS/c9-4-2-5(16)6(17-8(13,14)15)1-3(4)7(10,11)12/h1-2H,16H2. The van der Waals surface area contributed by atoms with Gasteiger partial charge in [-0.15, -0.1) is 0 Å². The van der Waals surface area contributed by atoms with E-state index in [0.717, 1.165) is 6.07 Å². The fraction of sp³-hybridized carbons (Fsp3) is 0.250. The van der Waals surface area contributed by atoms with E-state index < -0.39 is 38.4 Å². The van der Waals surface area contributed by atoms with Crippen LogP contribution in [0.15, 0.2) is 21.5 Å². The molecule has 17 heavy (non-hydrogen) atoms. The van der Waals surface area contributed by atoms with Crippen LogP contribution in [0, 0.1) is 0 Å². The number of halogens is 7. The molecule has 0 aliphatic carbocycles. The molecule has 0 aliphatic rings.